The molecule has 0 heterocycles. The van der Waals surface area contributed by atoms with E-state index in [-0.39, 0.29) is 0 Å². The number of amides is 1. The van der Waals surface area contributed by atoms with Crippen molar-refractivity contribution in [3.05, 3.63) is 0 Å². The van der Waals surface area contributed by atoms with Crippen molar-refractivity contribution in [2.45, 2.75) is 83.7 Å². The zero-order valence-electron chi connectivity index (χ0n) is 13.3. The predicted molar refractivity (Wildman–Crippen MR) is 83.6 cm³/mol. The molecule has 0 spiro atoms. The van der Waals surface area contributed by atoms with E-state index < -0.39 is 0 Å². The molecule has 0 unspecified atom stereocenters. The van der Waals surface area contributed by atoms with E-state index in [1.807, 2.05) is 0 Å². The molecule has 2 rings (SSSR count). The van der Waals surface area contributed by atoms with Crippen LogP contribution < -0.4 is 10.6 Å². The summed E-state index contributed by atoms with van der Waals surface area (Å²) < 4.78 is 0. The average Bonchev–Trinajstić information content (AvgIpc) is 2.47. The maximum atomic E-state index is 12.3. The molecule has 116 valence electrons. The molecule has 0 aliphatic heterocycles. The second-order valence-corrected chi connectivity index (χ2v) is 6.97. The van der Waals surface area contributed by atoms with Crippen molar-refractivity contribution < 1.29 is 4.79 Å². The molecule has 2 aliphatic carbocycles. The first-order chi connectivity index (χ1) is 9.69. The van der Waals surface area contributed by atoms with Crippen LogP contribution in [0.2, 0.25) is 0 Å². The minimum atomic E-state index is 0.294. The summed E-state index contributed by atoms with van der Waals surface area (Å²) in [6, 6.07) is 1.11. The third-order valence-electron chi connectivity index (χ3n) is 5.14. The molecule has 1 amide bonds. The Hall–Kier alpha value is -0.570. The topological polar surface area (TPSA) is 41.1 Å². The molecule has 20 heavy (non-hydrogen) atoms. The minimum absolute atomic E-state index is 0.294. The van der Waals surface area contributed by atoms with Crippen LogP contribution in [0.15, 0.2) is 0 Å². The standard InChI is InChI=1S/C17H32N2O/c1-3-12-18-15-8-10-16(11-9-15)19-17(20)14-6-4-13(2)5-7-14/h13-16,18H,3-12H2,1-2H3,(H,19,20). The maximum absolute atomic E-state index is 12.3. The Kier molecular flexibility index (Phi) is 6.34. The molecule has 3 heteroatoms. The van der Waals surface area contributed by atoms with Gasteiger partial charge in [0.2, 0.25) is 5.91 Å². The van der Waals surface area contributed by atoms with Crippen LogP contribution in [0.25, 0.3) is 0 Å². The van der Waals surface area contributed by atoms with E-state index in [9.17, 15) is 4.79 Å². The summed E-state index contributed by atoms with van der Waals surface area (Å²) in [7, 11) is 0. The second-order valence-electron chi connectivity index (χ2n) is 6.97. The van der Waals surface area contributed by atoms with Crippen molar-refractivity contribution >= 4 is 5.91 Å². The summed E-state index contributed by atoms with van der Waals surface area (Å²) in [4.78, 5) is 12.3. The molecular formula is C17H32N2O. The molecule has 0 radical (unpaired) electrons. The van der Waals surface area contributed by atoms with Crippen LogP contribution in [0.3, 0.4) is 0 Å². The van der Waals surface area contributed by atoms with Gasteiger partial charge in [0.05, 0.1) is 0 Å². The highest BCUT2D eigenvalue weighted by molar-refractivity contribution is 5.79. The van der Waals surface area contributed by atoms with Crippen molar-refractivity contribution in [2.75, 3.05) is 6.54 Å². The van der Waals surface area contributed by atoms with Gasteiger partial charge in [0.15, 0.2) is 0 Å². The number of carbonyl (C=O) groups excluding carboxylic acids is 1. The lowest BCUT2D eigenvalue weighted by Gasteiger charge is -2.32. The quantitative estimate of drug-likeness (QED) is 0.811. The first-order valence-electron chi connectivity index (χ1n) is 8.72. The summed E-state index contributed by atoms with van der Waals surface area (Å²) in [5, 5.41) is 6.91. The second kappa shape index (κ2) is 8.02. The summed E-state index contributed by atoms with van der Waals surface area (Å²) in [5.74, 6) is 1.45. The van der Waals surface area contributed by atoms with E-state index in [0.717, 1.165) is 38.1 Å². The Labute approximate surface area is 124 Å². The van der Waals surface area contributed by atoms with E-state index >= 15 is 0 Å². The Morgan fingerprint density at radius 3 is 2.15 bits per heavy atom. The number of hydrogen-bond donors (Lipinski definition) is 2. The predicted octanol–water partition coefficient (Wildman–Crippen LogP) is 3.24. The molecule has 2 aliphatic rings. The van der Waals surface area contributed by atoms with Gasteiger partial charge in [-0.15, -0.1) is 0 Å². The monoisotopic (exact) mass is 280 g/mol. The first-order valence-corrected chi connectivity index (χ1v) is 8.72. The van der Waals surface area contributed by atoms with Gasteiger partial charge in [-0.25, -0.2) is 0 Å². The van der Waals surface area contributed by atoms with E-state index in [2.05, 4.69) is 24.5 Å². The number of hydrogen-bond acceptors (Lipinski definition) is 2. The molecule has 3 nitrogen and oxygen atoms in total. The van der Waals surface area contributed by atoms with Crippen LogP contribution in [-0.2, 0) is 4.79 Å². The smallest absolute Gasteiger partial charge is 0.223 e. The van der Waals surface area contributed by atoms with E-state index in [1.54, 1.807) is 0 Å². The summed E-state index contributed by atoms with van der Waals surface area (Å²) >= 11 is 0. The molecule has 0 aromatic carbocycles. The molecule has 0 aromatic rings. The van der Waals surface area contributed by atoms with Crippen LogP contribution in [-0.4, -0.2) is 24.5 Å². The summed E-state index contributed by atoms with van der Waals surface area (Å²) in [6.07, 6.45) is 10.6. The normalized spacial score (nSPS) is 34.7. The van der Waals surface area contributed by atoms with Crippen LogP contribution in [0, 0.1) is 11.8 Å². The van der Waals surface area contributed by atoms with Gasteiger partial charge in [0, 0.05) is 18.0 Å². The Morgan fingerprint density at radius 1 is 0.950 bits per heavy atom. The number of carbonyl (C=O) groups is 1. The van der Waals surface area contributed by atoms with Crippen molar-refractivity contribution in [3.63, 3.8) is 0 Å². The lowest BCUT2D eigenvalue weighted by molar-refractivity contribution is -0.127. The van der Waals surface area contributed by atoms with Crippen molar-refractivity contribution in [1.82, 2.24) is 10.6 Å². The fourth-order valence-electron chi connectivity index (χ4n) is 3.63. The lowest BCUT2D eigenvalue weighted by Crippen LogP contribution is -2.44. The fourth-order valence-corrected chi connectivity index (χ4v) is 3.63. The zero-order valence-corrected chi connectivity index (χ0v) is 13.3. The molecule has 2 N–H and O–H groups in total. The van der Waals surface area contributed by atoms with Crippen molar-refractivity contribution in [3.8, 4) is 0 Å². The highest BCUT2D eigenvalue weighted by Gasteiger charge is 2.27. The Balaban J connectivity index is 1.66. The number of nitrogens with one attached hydrogen (secondary N) is 2. The number of rotatable bonds is 5. The Morgan fingerprint density at radius 2 is 1.55 bits per heavy atom. The van der Waals surface area contributed by atoms with Crippen LogP contribution >= 0.6 is 0 Å². The average molecular weight is 280 g/mol. The molecule has 0 bridgehead atoms. The van der Waals surface area contributed by atoms with Gasteiger partial charge in [-0.2, -0.15) is 0 Å². The van der Waals surface area contributed by atoms with Gasteiger partial charge >= 0.3 is 0 Å². The van der Waals surface area contributed by atoms with Crippen molar-refractivity contribution in [1.29, 1.82) is 0 Å². The summed E-state index contributed by atoms with van der Waals surface area (Å²) in [6.45, 7) is 5.64. The third-order valence-corrected chi connectivity index (χ3v) is 5.14. The van der Waals surface area contributed by atoms with Gasteiger partial charge in [-0.05, 0) is 70.3 Å². The maximum Gasteiger partial charge on any atom is 0.223 e. The molecule has 0 saturated heterocycles. The van der Waals surface area contributed by atoms with E-state index in [4.69, 9.17) is 0 Å². The van der Waals surface area contributed by atoms with E-state index in [0.29, 0.717) is 23.9 Å². The van der Waals surface area contributed by atoms with E-state index in [1.165, 1.54) is 32.1 Å². The largest absolute Gasteiger partial charge is 0.353 e. The molecule has 2 saturated carbocycles. The minimum Gasteiger partial charge on any atom is -0.353 e. The first kappa shape index (κ1) is 15.8. The summed E-state index contributed by atoms with van der Waals surface area (Å²) in [5.41, 5.74) is 0. The highest BCUT2D eigenvalue weighted by atomic mass is 16.1. The highest BCUT2D eigenvalue weighted by Crippen LogP contribution is 2.29. The Bertz CT molecular complexity index is 289. The van der Waals surface area contributed by atoms with Crippen LogP contribution in [0.1, 0.15) is 71.6 Å². The van der Waals surface area contributed by atoms with Gasteiger partial charge < -0.3 is 10.6 Å². The molecule has 2 fully saturated rings. The molecule has 0 atom stereocenters. The lowest BCUT2D eigenvalue weighted by atomic mass is 9.82. The van der Waals surface area contributed by atoms with Gasteiger partial charge in [0.1, 0.15) is 0 Å². The van der Waals surface area contributed by atoms with Crippen LogP contribution in [0.5, 0.6) is 0 Å². The zero-order chi connectivity index (χ0) is 14.4. The SMILES string of the molecule is CCCNC1CCC(NC(=O)C2CCC(C)CC2)CC1. The van der Waals surface area contributed by atoms with Gasteiger partial charge in [-0.1, -0.05) is 13.8 Å². The van der Waals surface area contributed by atoms with Gasteiger partial charge in [-0.3, -0.25) is 4.79 Å². The molecular weight excluding hydrogens is 248 g/mol. The van der Waals surface area contributed by atoms with Crippen molar-refractivity contribution in [2.24, 2.45) is 11.8 Å². The fraction of sp³-hybridized carbons (Fsp3) is 0.941. The van der Waals surface area contributed by atoms with Crippen LogP contribution in [0.4, 0.5) is 0 Å². The third kappa shape index (κ3) is 4.76. The van der Waals surface area contributed by atoms with Gasteiger partial charge in [0.25, 0.3) is 0 Å². The molecule has 0 aromatic heterocycles.